The minimum Gasteiger partial charge on any atom is -0.494 e. The molecule has 1 atom stereocenters. The van der Waals surface area contributed by atoms with E-state index in [9.17, 15) is 5.11 Å². The molecule has 0 aliphatic heterocycles. The zero-order valence-corrected chi connectivity index (χ0v) is 8.16. The van der Waals surface area contributed by atoms with Gasteiger partial charge >= 0.3 is 0 Å². The van der Waals surface area contributed by atoms with Crippen LogP contribution in [0.25, 0.3) is 0 Å². The highest BCUT2D eigenvalue weighted by molar-refractivity contribution is 5.28. The van der Waals surface area contributed by atoms with E-state index in [1.807, 2.05) is 31.2 Å². The van der Waals surface area contributed by atoms with Crippen LogP contribution in [0, 0.1) is 0 Å². The molecular weight excluding hydrogens is 164 g/mol. The molecule has 0 saturated carbocycles. The van der Waals surface area contributed by atoms with Gasteiger partial charge in [0.25, 0.3) is 0 Å². The monoisotopic (exact) mass is 180 g/mol. The zero-order chi connectivity index (χ0) is 9.68. The lowest BCUT2D eigenvalue weighted by atomic mass is 10.1. The van der Waals surface area contributed by atoms with Gasteiger partial charge in [-0.15, -0.1) is 0 Å². The maximum atomic E-state index is 9.19. The molecule has 72 valence electrons. The van der Waals surface area contributed by atoms with Gasteiger partial charge in [-0.3, -0.25) is 0 Å². The van der Waals surface area contributed by atoms with Crippen molar-refractivity contribution in [2.75, 3.05) is 6.61 Å². The molecule has 0 aliphatic carbocycles. The molecule has 2 nitrogen and oxygen atoms in total. The van der Waals surface area contributed by atoms with Crippen LogP contribution >= 0.6 is 0 Å². The van der Waals surface area contributed by atoms with Crippen LogP contribution in [0.2, 0.25) is 0 Å². The third-order valence-corrected chi connectivity index (χ3v) is 1.74. The number of benzene rings is 1. The normalized spacial score (nSPS) is 12.5. The van der Waals surface area contributed by atoms with E-state index in [-0.39, 0.29) is 6.10 Å². The lowest BCUT2D eigenvalue weighted by molar-refractivity contribution is 0.195. The van der Waals surface area contributed by atoms with Gasteiger partial charge in [-0.25, -0.2) is 0 Å². The lowest BCUT2D eigenvalue weighted by Crippen LogP contribution is -2.04. The molecule has 0 aliphatic rings. The van der Waals surface area contributed by atoms with E-state index in [1.165, 1.54) is 0 Å². The molecule has 0 fully saturated rings. The number of ether oxygens (including phenoxy) is 1. The van der Waals surface area contributed by atoms with Crippen LogP contribution in [-0.4, -0.2) is 17.8 Å². The first kappa shape index (κ1) is 10.1. The molecule has 0 unspecified atom stereocenters. The SMILES string of the molecule is CCOc1cccc(C[C@H](C)O)c1. The third kappa shape index (κ3) is 3.47. The van der Waals surface area contributed by atoms with Crippen LogP contribution in [0.1, 0.15) is 19.4 Å². The second-order valence-corrected chi connectivity index (χ2v) is 3.13. The van der Waals surface area contributed by atoms with E-state index in [0.717, 1.165) is 11.3 Å². The first-order chi connectivity index (χ1) is 6.22. The number of hydrogen-bond acceptors (Lipinski definition) is 2. The number of rotatable bonds is 4. The summed E-state index contributed by atoms with van der Waals surface area (Å²) >= 11 is 0. The van der Waals surface area contributed by atoms with Gasteiger partial charge in [0, 0.05) is 0 Å². The summed E-state index contributed by atoms with van der Waals surface area (Å²) in [6, 6.07) is 7.84. The van der Waals surface area contributed by atoms with Gasteiger partial charge in [-0.05, 0) is 38.0 Å². The molecule has 1 rings (SSSR count). The molecule has 0 saturated heterocycles. The van der Waals surface area contributed by atoms with E-state index < -0.39 is 0 Å². The van der Waals surface area contributed by atoms with Gasteiger partial charge in [0.15, 0.2) is 0 Å². The van der Waals surface area contributed by atoms with E-state index >= 15 is 0 Å². The molecule has 0 amide bonds. The Morgan fingerprint density at radius 3 is 2.85 bits per heavy atom. The fourth-order valence-electron chi connectivity index (χ4n) is 1.27. The number of hydrogen-bond donors (Lipinski definition) is 1. The quantitative estimate of drug-likeness (QED) is 0.768. The standard InChI is InChI=1S/C11H16O2/c1-3-13-11-6-4-5-10(8-11)7-9(2)12/h4-6,8-9,12H,3,7H2,1-2H3/t9-/m0/s1. The highest BCUT2D eigenvalue weighted by Gasteiger charge is 2.00. The van der Waals surface area contributed by atoms with Crippen molar-refractivity contribution in [3.63, 3.8) is 0 Å². The van der Waals surface area contributed by atoms with Crippen molar-refractivity contribution in [3.05, 3.63) is 29.8 Å². The molecular formula is C11H16O2. The Kier molecular flexibility index (Phi) is 3.77. The summed E-state index contributed by atoms with van der Waals surface area (Å²) in [4.78, 5) is 0. The first-order valence-electron chi connectivity index (χ1n) is 4.62. The molecule has 0 bridgehead atoms. The summed E-state index contributed by atoms with van der Waals surface area (Å²) in [7, 11) is 0. The van der Waals surface area contributed by atoms with Gasteiger partial charge in [0.1, 0.15) is 5.75 Å². The van der Waals surface area contributed by atoms with Crippen LogP contribution in [0.5, 0.6) is 5.75 Å². The van der Waals surface area contributed by atoms with Crippen LogP contribution in [0.15, 0.2) is 24.3 Å². The molecule has 1 aromatic carbocycles. The van der Waals surface area contributed by atoms with Crippen LogP contribution in [0.4, 0.5) is 0 Å². The number of aliphatic hydroxyl groups is 1. The average molecular weight is 180 g/mol. The van der Waals surface area contributed by atoms with Crippen molar-refractivity contribution in [2.24, 2.45) is 0 Å². The van der Waals surface area contributed by atoms with Crippen molar-refractivity contribution in [2.45, 2.75) is 26.4 Å². The third-order valence-electron chi connectivity index (χ3n) is 1.74. The first-order valence-corrected chi connectivity index (χ1v) is 4.62. The van der Waals surface area contributed by atoms with Crippen molar-refractivity contribution < 1.29 is 9.84 Å². The molecule has 0 radical (unpaired) electrons. The second-order valence-electron chi connectivity index (χ2n) is 3.13. The van der Waals surface area contributed by atoms with E-state index in [2.05, 4.69) is 0 Å². The molecule has 2 heteroatoms. The van der Waals surface area contributed by atoms with Gasteiger partial charge in [0.05, 0.1) is 12.7 Å². The van der Waals surface area contributed by atoms with Crippen LogP contribution < -0.4 is 4.74 Å². The fraction of sp³-hybridized carbons (Fsp3) is 0.455. The van der Waals surface area contributed by atoms with Crippen molar-refractivity contribution in [1.82, 2.24) is 0 Å². The molecule has 1 aromatic rings. The highest BCUT2D eigenvalue weighted by Crippen LogP contribution is 2.14. The largest absolute Gasteiger partial charge is 0.494 e. The summed E-state index contributed by atoms with van der Waals surface area (Å²) in [5.41, 5.74) is 1.11. The van der Waals surface area contributed by atoms with Gasteiger partial charge in [-0.2, -0.15) is 0 Å². The maximum Gasteiger partial charge on any atom is 0.119 e. The fourth-order valence-corrected chi connectivity index (χ4v) is 1.27. The van der Waals surface area contributed by atoms with E-state index in [0.29, 0.717) is 13.0 Å². The van der Waals surface area contributed by atoms with Crippen LogP contribution in [0.3, 0.4) is 0 Å². The second kappa shape index (κ2) is 4.87. The van der Waals surface area contributed by atoms with Gasteiger partial charge < -0.3 is 9.84 Å². The Morgan fingerprint density at radius 2 is 2.23 bits per heavy atom. The van der Waals surface area contributed by atoms with Crippen molar-refractivity contribution in [1.29, 1.82) is 0 Å². The lowest BCUT2D eigenvalue weighted by Gasteiger charge is -2.07. The highest BCUT2D eigenvalue weighted by atomic mass is 16.5. The Balaban J connectivity index is 2.67. The molecule has 0 aromatic heterocycles. The zero-order valence-electron chi connectivity index (χ0n) is 8.16. The van der Waals surface area contributed by atoms with Gasteiger partial charge in [0.2, 0.25) is 0 Å². The Labute approximate surface area is 79.2 Å². The summed E-state index contributed by atoms with van der Waals surface area (Å²) in [6.07, 6.45) is 0.387. The number of aliphatic hydroxyl groups excluding tert-OH is 1. The Bertz CT molecular complexity index is 256. The molecule has 1 N–H and O–H groups in total. The van der Waals surface area contributed by atoms with E-state index in [1.54, 1.807) is 6.92 Å². The van der Waals surface area contributed by atoms with E-state index in [4.69, 9.17) is 4.74 Å². The van der Waals surface area contributed by atoms with Gasteiger partial charge in [-0.1, -0.05) is 12.1 Å². The van der Waals surface area contributed by atoms with Crippen molar-refractivity contribution >= 4 is 0 Å². The van der Waals surface area contributed by atoms with Crippen molar-refractivity contribution in [3.8, 4) is 5.75 Å². The molecule has 13 heavy (non-hydrogen) atoms. The predicted octanol–water partition coefficient (Wildman–Crippen LogP) is 2.01. The minimum atomic E-state index is -0.295. The summed E-state index contributed by atoms with van der Waals surface area (Å²) in [5, 5.41) is 9.19. The maximum absolute atomic E-state index is 9.19. The summed E-state index contributed by atoms with van der Waals surface area (Å²) in [6.45, 7) is 4.42. The Hall–Kier alpha value is -1.02. The van der Waals surface area contributed by atoms with Crippen LogP contribution in [-0.2, 0) is 6.42 Å². The Morgan fingerprint density at radius 1 is 1.46 bits per heavy atom. The topological polar surface area (TPSA) is 29.5 Å². The average Bonchev–Trinajstić information content (AvgIpc) is 2.04. The molecule has 0 heterocycles. The predicted molar refractivity (Wildman–Crippen MR) is 53.0 cm³/mol. The summed E-state index contributed by atoms with van der Waals surface area (Å²) < 4.78 is 5.35. The summed E-state index contributed by atoms with van der Waals surface area (Å²) in [5.74, 6) is 0.876. The molecule has 0 spiro atoms. The minimum absolute atomic E-state index is 0.295. The smallest absolute Gasteiger partial charge is 0.119 e.